The van der Waals surface area contributed by atoms with E-state index in [9.17, 15) is 13.2 Å². The summed E-state index contributed by atoms with van der Waals surface area (Å²) in [4.78, 5) is 15.2. The van der Waals surface area contributed by atoms with Gasteiger partial charge >= 0.3 is 0 Å². The maximum absolute atomic E-state index is 12.6. The molecule has 0 aliphatic carbocycles. The Labute approximate surface area is 164 Å². The van der Waals surface area contributed by atoms with Crippen molar-refractivity contribution in [2.24, 2.45) is 0 Å². The number of nitrogens with one attached hydrogen (secondary N) is 1. The Morgan fingerprint density at radius 3 is 2.64 bits per heavy atom. The van der Waals surface area contributed by atoms with Gasteiger partial charge in [0.05, 0.1) is 13.7 Å². The Balaban J connectivity index is 1.73. The monoisotopic (exact) mass is 424 g/mol. The predicted molar refractivity (Wildman–Crippen MR) is 99.2 cm³/mol. The van der Waals surface area contributed by atoms with Crippen LogP contribution in [0.1, 0.15) is 12.8 Å². The molecule has 0 unspecified atom stereocenters. The number of methoxy groups -OCH3 is 1. The van der Waals surface area contributed by atoms with Crippen molar-refractivity contribution in [1.82, 2.24) is 24.6 Å². The lowest BCUT2D eigenvalue weighted by Gasteiger charge is -2.11. The topological polar surface area (TPSA) is 140 Å². The Kier molecular flexibility index (Phi) is 5.67. The number of carbonyl (C=O) groups excluding carboxylic acids is 1. The highest BCUT2D eigenvalue weighted by Crippen LogP contribution is 2.24. The van der Waals surface area contributed by atoms with Crippen LogP contribution in [0.2, 0.25) is 0 Å². The minimum absolute atomic E-state index is 0.0963. The standard InChI is InChI=1S/C15H16N6O5S2/c1-9(22)16-14-18-19-15(27-14)28(23,24)21(2)8-12-17-13(20-26-12)10-4-6-11(25-3)7-5-10/h4-7H,8H2,1-3H3,(H,16,18,22). The lowest BCUT2D eigenvalue weighted by molar-refractivity contribution is -0.114. The fraction of sp³-hybridized carbons (Fsp3) is 0.267. The van der Waals surface area contributed by atoms with E-state index in [1.807, 2.05) is 0 Å². The highest BCUT2D eigenvalue weighted by molar-refractivity contribution is 7.91. The first-order chi connectivity index (χ1) is 13.3. The molecular formula is C15H16N6O5S2. The zero-order valence-electron chi connectivity index (χ0n) is 15.1. The van der Waals surface area contributed by atoms with Crippen LogP contribution >= 0.6 is 11.3 Å². The number of hydrogen-bond acceptors (Lipinski definition) is 10. The first-order valence-corrected chi connectivity index (χ1v) is 10.1. The lowest BCUT2D eigenvalue weighted by Crippen LogP contribution is -2.26. The number of carbonyl (C=O) groups is 1. The van der Waals surface area contributed by atoms with Crippen LogP contribution in [0.25, 0.3) is 11.4 Å². The minimum Gasteiger partial charge on any atom is -0.497 e. The van der Waals surface area contributed by atoms with Gasteiger partial charge in [0.1, 0.15) is 5.75 Å². The summed E-state index contributed by atoms with van der Waals surface area (Å²) in [6.45, 7) is 1.14. The summed E-state index contributed by atoms with van der Waals surface area (Å²) in [5, 5.41) is 13.6. The summed E-state index contributed by atoms with van der Waals surface area (Å²) in [6.07, 6.45) is 0. The molecule has 0 spiro atoms. The largest absolute Gasteiger partial charge is 0.497 e. The minimum atomic E-state index is -3.93. The van der Waals surface area contributed by atoms with Gasteiger partial charge in [-0.3, -0.25) is 4.79 Å². The summed E-state index contributed by atoms with van der Waals surface area (Å²) in [5.74, 6) is 0.759. The molecule has 11 nitrogen and oxygen atoms in total. The zero-order chi connectivity index (χ0) is 20.3. The maximum atomic E-state index is 12.6. The number of benzene rings is 1. The van der Waals surface area contributed by atoms with E-state index in [1.54, 1.807) is 31.4 Å². The van der Waals surface area contributed by atoms with Gasteiger partial charge in [-0.1, -0.05) is 16.5 Å². The first-order valence-electron chi connectivity index (χ1n) is 7.84. The Morgan fingerprint density at radius 1 is 1.29 bits per heavy atom. The molecule has 2 aromatic heterocycles. The van der Waals surface area contributed by atoms with Crippen molar-refractivity contribution < 1.29 is 22.5 Å². The second kappa shape index (κ2) is 8.00. The van der Waals surface area contributed by atoms with Crippen LogP contribution in [-0.2, 0) is 21.4 Å². The molecule has 0 saturated carbocycles. The van der Waals surface area contributed by atoms with E-state index in [4.69, 9.17) is 9.26 Å². The number of hydrogen-bond donors (Lipinski definition) is 1. The van der Waals surface area contributed by atoms with Crippen molar-refractivity contribution in [2.75, 3.05) is 19.5 Å². The Morgan fingerprint density at radius 2 is 2.00 bits per heavy atom. The lowest BCUT2D eigenvalue weighted by atomic mass is 10.2. The van der Waals surface area contributed by atoms with Crippen molar-refractivity contribution in [1.29, 1.82) is 0 Å². The molecule has 1 aromatic carbocycles. The third kappa shape index (κ3) is 4.32. The van der Waals surface area contributed by atoms with Crippen molar-refractivity contribution in [2.45, 2.75) is 17.8 Å². The molecule has 3 rings (SSSR count). The van der Waals surface area contributed by atoms with E-state index in [-0.39, 0.29) is 27.8 Å². The molecule has 0 aliphatic heterocycles. The van der Waals surface area contributed by atoms with E-state index < -0.39 is 10.0 Å². The van der Waals surface area contributed by atoms with Gasteiger partial charge in [0.25, 0.3) is 10.0 Å². The molecule has 0 atom stereocenters. The molecule has 3 aromatic rings. The highest BCUT2D eigenvalue weighted by atomic mass is 32.2. The maximum Gasteiger partial charge on any atom is 0.272 e. The molecule has 1 N–H and O–H groups in total. The van der Waals surface area contributed by atoms with E-state index in [2.05, 4.69) is 25.7 Å². The number of ether oxygens (including phenoxy) is 1. The second-order valence-corrected chi connectivity index (χ2v) is 8.75. The van der Waals surface area contributed by atoms with E-state index in [1.165, 1.54) is 14.0 Å². The summed E-state index contributed by atoms with van der Waals surface area (Å²) < 4.78 is 36.2. The van der Waals surface area contributed by atoms with Crippen molar-refractivity contribution in [3.8, 4) is 17.1 Å². The molecule has 148 valence electrons. The van der Waals surface area contributed by atoms with E-state index in [0.717, 1.165) is 15.6 Å². The third-order valence-corrected chi connectivity index (χ3v) is 6.48. The summed E-state index contributed by atoms with van der Waals surface area (Å²) in [6, 6.07) is 7.03. The molecule has 2 heterocycles. The molecule has 28 heavy (non-hydrogen) atoms. The summed E-state index contributed by atoms with van der Waals surface area (Å²) in [5.41, 5.74) is 0.699. The van der Waals surface area contributed by atoms with Gasteiger partial charge in [-0.2, -0.15) is 9.29 Å². The van der Waals surface area contributed by atoms with Gasteiger partial charge < -0.3 is 14.6 Å². The molecule has 1 amide bonds. The van der Waals surface area contributed by atoms with Crippen molar-refractivity contribution in [3.05, 3.63) is 30.2 Å². The number of nitrogens with zero attached hydrogens (tertiary/aromatic N) is 5. The van der Waals surface area contributed by atoms with Crippen LogP contribution < -0.4 is 10.1 Å². The average molecular weight is 424 g/mol. The quantitative estimate of drug-likeness (QED) is 0.557. The fourth-order valence-corrected chi connectivity index (χ4v) is 4.35. The van der Waals surface area contributed by atoms with Gasteiger partial charge in [0, 0.05) is 19.5 Å². The number of aromatic nitrogens is 4. The SMILES string of the molecule is COc1ccc(-c2noc(CN(C)S(=O)(=O)c3nnc(NC(C)=O)s3)n2)cc1. The Bertz CT molecular complexity index is 1080. The van der Waals surface area contributed by atoms with Gasteiger partial charge in [-0.15, -0.1) is 10.2 Å². The average Bonchev–Trinajstić information content (AvgIpc) is 3.31. The van der Waals surface area contributed by atoms with Crippen molar-refractivity contribution in [3.63, 3.8) is 0 Å². The predicted octanol–water partition coefficient (Wildman–Crippen LogP) is 1.38. The summed E-state index contributed by atoms with van der Waals surface area (Å²) in [7, 11) is -1.02. The van der Waals surface area contributed by atoms with Crippen LogP contribution in [0.15, 0.2) is 33.1 Å². The zero-order valence-corrected chi connectivity index (χ0v) is 16.7. The molecular weight excluding hydrogens is 408 g/mol. The van der Waals surface area contributed by atoms with E-state index in [0.29, 0.717) is 17.1 Å². The van der Waals surface area contributed by atoms with Crippen LogP contribution in [-0.4, -0.2) is 53.1 Å². The second-order valence-electron chi connectivity index (χ2n) is 5.56. The smallest absolute Gasteiger partial charge is 0.272 e. The first kappa shape index (κ1) is 19.9. The molecule has 0 radical (unpaired) electrons. The number of sulfonamides is 1. The Hall–Kier alpha value is -2.90. The normalized spacial score (nSPS) is 11.6. The molecule has 0 saturated heterocycles. The molecule has 0 fully saturated rings. The fourth-order valence-electron chi connectivity index (χ4n) is 2.10. The van der Waals surface area contributed by atoms with Crippen LogP contribution in [0.4, 0.5) is 5.13 Å². The van der Waals surface area contributed by atoms with Crippen LogP contribution in [0, 0.1) is 0 Å². The van der Waals surface area contributed by atoms with Crippen molar-refractivity contribution >= 4 is 32.4 Å². The highest BCUT2D eigenvalue weighted by Gasteiger charge is 2.27. The van der Waals surface area contributed by atoms with Gasteiger partial charge in [-0.05, 0) is 24.3 Å². The number of anilines is 1. The van der Waals surface area contributed by atoms with Crippen LogP contribution in [0.5, 0.6) is 5.75 Å². The van der Waals surface area contributed by atoms with Gasteiger partial charge in [0.15, 0.2) is 0 Å². The number of amides is 1. The third-order valence-electron chi connectivity index (χ3n) is 3.49. The van der Waals surface area contributed by atoms with Crippen LogP contribution in [0.3, 0.4) is 0 Å². The molecule has 13 heteroatoms. The van der Waals surface area contributed by atoms with Gasteiger partial charge in [-0.25, -0.2) is 8.42 Å². The van der Waals surface area contributed by atoms with E-state index >= 15 is 0 Å². The van der Waals surface area contributed by atoms with Gasteiger partial charge in [0.2, 0.25) is 27.1 Å². The molecule has 0 bridgehead atoms. The summed E-state index contributed by atoms with van der Waals surface area (Å²) >= 11 is 0.750. The molecule has 0 aliphatic rings. The number of rotatable bonds is 7.